The lowest BCUT2D eigenvalue weighted by Gasteiger charge is -1.80. The minimum Gasteiger partial charge on any atom is -0.368 e. The third-order valence-electron chi connectivity index (χ3n) is 1.39. The normalized spacial score (nSPS) is 10.4. The van der Waals surface area contributed by atoms with E-state index < -0.39 is 0 Å². The first-order valence-corrected chi connectivity index (χ1v) is 3.34. The molecule has 0 amide bonds. The first-order chi connectivity index (χ1) is 5.75. The van der Waals surface area contributed by atoms with Gasteiger partial charge in [0.05, 0.1) is 6.20 Å². The predicted molar refractivity (Wildman–Crippen MR) is 40.9 cm³/mol. The van der Waals surface area contributed by atoms with Gasteiger partial charge < -0.3 is 10.3 Å². The van der Waals surface area contributed by atoms with Crippen LogP contribution < -0.4 is 5.73 Å². The van der Waals surface area contributed by atoms with Gasteiger partial charge in [-0.3, -0.25) is 4.68 Å². The van der Waals surface area contributed by atoms with E-state index in [1.807, 2.05) is 0 Å². The molecule has 6 heteroatoms. The number of aryl methyl sites for hydroxylation is 1. The summed E-state index contributed by atoms with van der Waals surface area (Å²) >= 11 is 0. The molecule has 2 aromatic rings. The van der Waals surface area contributed by atoms with Crippen molar-refractivity contribution >= 4 is 5.88 Å². The summed E-state index contributed by atoms with van der Waals surface area (Å²) in [6, 6.07) is 1.60. The Hall–Kier alpha value is -1.85. The number of aromatic nitrogens is 4. The zero-order valence-corrected chi connectivity index (χ0v) is 6.43. The third kappa shape index (κ3) is 1.03. The topological polar surface area (TPSA) is 82.8 Å². The highest BCUT2D eigenvalue weighted by molar-refractivity contribution is 5.54. The molecule has 0 saturated heterocycles. The lowest BCUT2D eigenvalue weighted by atomic mass is 10.3. The van der Waals surface area contributed by atoms with Gasteiger partial charge in [-0.1, -0.05) is 10.4 Å². The zero-order valence-electron chi connectivity index (χ0n) is 6.43. The Morgan fingerprint density at radius 1 is 1.50 bits per heavy atom. The number of rotatable bonds is 1. The summed E-state index contributed by atoms with van der Waals surface area (Å²) in [5, 5.41) is 11.3. The van der Waals surface area contributed by atoms with Gasteiger partial charge in [0.15, 0.2) is 0 Å². The van der Waals surface area contributed by atoms with E-state index >= 15 is 0 Å². The highest BCUT2D eigenvalue weighted by Crippen LogP contribution is 2.16. The van der Waals surface area contributed by atoms with Crippen molar-refractivity contribution in [3.8, 4) is 11.4 Å². The lowest BCUT2D eigenvalue weighted by Crippen LogP contribution is -1.85. The Bertz CT molecular complexity index is 352. The molecule has 62 valence electrons. The van der Waals surface area contributed by atoms with Gasteiger partial charge in [0.2, 0.25) is 5.88 Å². The summed E-state index contributed by atoms with van der Waals surface area (Å²) in [7, 11) is 1.78. The van der Waals surface area contributed by atoms with Crippen molar-refractivity contribution in [3.05, 3.63) is 12.3 Å². The Morgan fingerprint density at radius 2 is 2.33 bits per heavy atom. The van der Waals surface area contributed by atoms with Gasteiger partial charge in [-0.25, -0.2) is 0 Å². The number of nitrogens with two attached hydrogens (primary N) is 1. The van der Waals surface area contributed by atoms with E-state index in [1.165, 1.54) is 0 Å². The van der Waals surface area contributed by atoms with Gasteiger partial charge in [0.1, 0.15) is 11.4 Å². The maximum Gasteiger partial charge on any atom is 0.222 e. The van der Waals surface area contributed by atoms with Crippen LogP contribution in [0.15, 0.2) is 16.8 Å². The fraction of sp³-hybridized carbons (Fsp3) is 0.167. The van der Waals surface area contributed by atoms with Crippen molar-refractivity contribution in [3.63, 3.8) is 0 Å². The first kappa shape index (κ1) is 6.84. The second-order valence-corrected chi connectivity index (χ2v) is 2.39. The first-order valence-electron chi connectivity index (χ1n) is 3.34. The molecule has 12 heavy (non-hydrogen) atoms. The molecular weight excluding hydrogens is 158 g/mol. The summed E-state index contributed by atoms with van der Waals surface area (Å²) in [5.41, 5.74) is 6.59. The molecule has 0 aromatic carbocycles. The van der Waals surface area contributed by atoms with Crippen LogP contribution in [0.3, 0.4) is 0 Å². The summed E-state index contributed by atoms with van der Waals surface area (Å²) in [6.45, 7) is 0. The molecule has 6 nitrogen and oxygen atoms in total. The summed E-state index contributed by atoms with van der Waals surface area (Å²) in [5.74, 6) is 0.274. The number of nitrogen functional groups attached to an aromatic ring is 1. The molecule has 0 spiro atoms. The fourth-order valence-electron chi connectivity index (χ4n) is 0.875. The van der Waals surface area contributed by atoms with E-state index in [1.54, 1.807) is 24.0 Å². The van der Waals surface area contributed by atoms with Crippen LogP contribution in [0, 0.1) is 0 Å². The minimum absolute atomic E-state index is 0.274. The van der Waals surface area contributed by atoms with E-state index in [0.29, 0.717) is 11.4 Å². The Balaban J connectivity index is 2.43. The average molecular weight is 165 g/mol. The van der Waals surface area contributed by atoms with Crippen LogP contribution in [-0.4, -0.2) is 20.2 Å². The summed E-state index contributed by atoms with van der Waals surface area (Å²) in [6.07, 6.45) is 1.73. The van der Waals surface area contributed by atoms with Gasteiger partial charge in [-0.2, -0.15) is 0 Å². The summed E-state index contributed by atoms with van der Waals surface area (Å²) < 4.78 is 6.26. The van der Waals surface area contributed by atoms with Crippen LogP contribution in [0.25, 0.3) is 11.4 Å². The number of nitrogens with zero attached hydrogens (tertiary/aromatic N) is 4. The maximum absolute atomic E-state index is 5.34. The highest BCUT2D eigenvalue weighted by Gasteiger charge is 2.06. The number of hydrogen-bond acceptors (Lipinski definition) is 5. The Morgan fingerprint density at radius 3 is 2.83 bits per heavy atom. The predicted octanol–water partition coefficient (Wildman–Crippen LogP) is 0.0523. The van der Waals surface area contributed by atoms with Gasteiger partial charge in [-0.15, -0.1) is 5.10 Å². The van der Waals surface area contributed by atoms with Crippen LogP contribution in [0.1, 0.15) is 0 Å². The van der Waals surface area contributed by atoms with Crippen LogP contribution in [-0.2, 0) is 7.05 Å². The van der Waals surface area contributed by atoms with Crippen LogP contribution in [0.2, 0.25) is 0 Å². The van der Waals surface area contributed by atoms with Crippen molar-refractivity contribution in [2.24, 2.45) is 7.05 Å². The minimum atomic E-state index is 0.274. The molecule has 0 fully saturated rings. The van der Waals surface area contributed by atoms with E-state index in [9.17, 15) is 0 Å². The quantitative estimate of drug-likeness (QED) is 0.645. The summed E-state index contributed by atoms with van der Waals surface area (Å²) in [4.78, 5) is 0. The van der Waals surface area contributed by atoms with Crippen LogP contribution in [0.4, 0.5) is 5.88 Å². The molecule has 0 bridgehead atoms. The molecule has 2 aromatic heterocycles. The molecule has 0 saturated carbocycles. The molecule has 0 atom stereocenters. The number of anilines is 1. The van der Waals surface area contributed by atoms with Crippen molar-refractivity contribution in [1.29, 1.82) is 0 Å². The molecule has 0 aliphatic rings. The van der Waals surface area contributed by atoms with Crippen LogP contribution >= 0.6 is 0 Å². The molecule has 0 aliphatic carbocycles. The second-order valence-electron chi connectivity index (χ2n) is 2.39. The van der Waals surface area contributed by atoms with Crippen molar-refractivity contribution < 1.29 is 4.52 Å². The lowest BCUT2D eigenvalue weighted by molar-refractivity contribution is 0.439. The molecule has 0 unspecified atom stereocenters. The number of hydrogen-bond donors (Lipinski definition) is 1. The monoisotopic (exact) mass is 165 g/mol. The molecule has 2 heterocycles. The fourth-order valence-corrected chi connectivity index (χ4v) is 0.875. The highest BCUT2D eigenvalue weighted by atomic mass is 16.5. The standard InChI is InChI=1S/C6H7N5O/c1-11-3-5(8-10-11)4-2-6(7)12-9-4/h2-3H,7H2,1H3. The molecule has 0 radical (unpaired) electrons. The van der Waals surface area contributed by atoms with Crippen LogP contribution in [0.5, 0.6) is 0 Å². The van der Waals surface area contributed by atoms with Gasteiger partial charge in [0, 0.05) is 13.1 Å². The second kappa shape index (κ2) is 2.33. The Labute approximate surface area is 68.0 Å². The molecule has 2 rings (SSSR count). The maximum atomic E-state index is 5.34. The van der Waals surface area contributed by atoms with E-state index in [2.05, 4.69) is 20.0 Å². The van der Waals surface area contributed by atoms with E-state index in [-0.39, 0.29) is 5.88 Å². The molecular formula is C6H7N5O. The molecule has 2 N–H and O–H groups in total. The van der Waals surface area contributed by atoms with Crippen molar-refractivity contribution in [2.75, 3.05) is 5.73 Å². The third-order valence-corrected chi connectivity index (χ3v) is 1.39. The SMILES string of the molecule is Cn1cc(-c2cc(N)on2)nn1. The van der Waals surface area contributed by atoms with E-state index in [0.717, 1.165) is 0 Å². The smallest absolute Gasteiger partial charge is 0.222 e. The van der Waals surface area contributed by atoms with E-state index in [4.69, 9.17) is 5.73 Å². The van der Waals surface area contributed by atoms with Gasteiger partial charge in [-0.05, 0) is 0 Å². The largest absolute Gasteiger partial charge is 0.368 e. The zero-order chi connectivity index (χ0) is 8.55. The van der Waals surface area contributed by atoms with Gasteiger partial charge >= 0.3 is 0 Å². The Kier molecular flexibility index (Phi) is 1.33. The van der Waals surface area contributed by atoms with Crippen molar-refractivity contribution in [2.45, 2.75) is 0 Å². The average Bonchev–Trinajstić information content (AvgIpc) is 2.58. The van der Waals surface area contributed by atoms with Gasteiger partial charge in [0.25, 0.3) is 0 Å². The van der Waals surface area contributed by atoms with Crippen molar-refractivity contribution in [1.82, 2.24) is 20.2 Å². The molecule has 0 aliphatic heterocycles.